The number of halogens is 2. The molecule has 4 rings (SSSR count). The fourth-order valence-corrected chi connectivity index (χ4v) is 6.67. The van der Waals surface area contributed by atoms with Gasteiger partial charge in [-0.15, -0.1) is 12.4 Å². The maximum atomic E-state index is 14.3. The van der Waals surface area contributed by atoms with Crippen molar-refractivity contribution in [2.45, 2.75) is 65.7 Å². The Kier molecular flexibility index (Phi) is 7.97. The van der Waals surface area contributed by atoms with Gasteiger partial charge in [0.25, 0.3) is 0 Å². The Morgan fingerprint density at radius 3 is 2.19 bits per heavy atom. The molecule has 3 aliphatic rings. The SMILES string of the molecule is CC1(C)CC(c2ccc(F)cc2N2CCN(CC3CCOCC3)CC2)CC(C)(C)C1.Cl. The van der Waals surface area contributed by atoms with Crippen LogP contribution in [-0.4, -0.2) is 50.8 Å². The predicted octanol–water partition coefficient (Wildman–Crippen LogP) is 6.12. The van der Waals surface area contributed by atoms with Crippen molar-refractivity contribution in [2.24, 2.45) is 16.7 Å². The summed E-state index contributed by atoms with van der Waals surface area (Å²) in [6.45, 7) is 16.8. The first kappa shape index (κ1) is 24.8. The molecule has 1 aromatic carbocycles. The van der Waals surface area contributed by atoms with Gasteiger partial charge in [-0.05, 0) is 72.5 Å². The Morgan fingerprint density at radius 1 is 0.968 bits per heavy atom. The lowest BCUT2D eigenvalue weighted by Gasteiger charge is -2.46. The van der Waals surface area contributed by atoms with Gasteiger partial charge < -0.3 is 9.64 Å². The van der Waals surface area contributed by atoms with E-state index in [-0.39, 0.29) is 18.2 Å². The van der Waals surface area contributed by atoms with Gasteiger partial charge in [0.05, 0.1) is 0 Å². The van der Waals surface area contributed by atoms with Crippen molar-refractivity contribution in [2.75, 3.05) is 50.8 Å². The average Bonchev–Trinajstić information content (AvgIpc) is 2.67. The van der Waals surface area contributed by atoms with Crippen LogP contribution in [0.5, 0.6) is 0 Å². The molecule has 0 aromatic heterocycles. The average molecular weight is 453 g/mol. The minimum absolute atomic E-state index is 0. The van der Waals surface area contributed by atoms with Crippen LogP contribution in [0, 0.1) is 22.6 Å². The number of anilines is 1. The second-order valence-corrected chi connectivity index (χ2v) is 11.7. The van der Waals surface area contributed by atoms with Crippen molar-refractivity contribution in [3.8, 4) is 0 Å². The zero-order valence-electron chi connectivity index (χ0n) is 20.0. The Hall–Kier alpha value is -0.840. The van der Waals surface area contributed by atoms with Crippen molar-refractivity contribution >= 4 is 18.1 Å². The van der Waals surface area contributed by atoms with Gasteiger partial charge in [-0.3, -0.25) is 4.90 Å². The molecule has 176 valence electrons. The molecular weight excluding hydrogens is 411 g/mol. The molecule has 1 aromatic rings. The van der Waals surface area contributed by atoms with Gasteiger partial charge in [0.1, 0.15) is 5.82 Å². The van der Waals surface area contributed by atoms with E-state index in [4.69, 9.17) is 4.74 Å². The van der Waals surface area contributed by atoms with Gasteiger partial charge >= 0.3 is 0 Å². The second kappa shape index (κ2) is 9.97. The fourth-order valence-electron chi connectivity index (χ4n) is 6.67. The first-order valence-corrected chi connectivity index (χ1v) is 12.1. The van der Waals surface area contributed by atoms with Crippen molar-refractivity contribution in [3.63, 3.8) is 0 Å². The zero-order chi connectivity index (χ0) is 21.4. The summed E-state index contributed by atoms with van der Waals surface area (Å²) < 4.78 is 19.8. The highest BCUT2D eigenvalue weighted by atomic mass is 35.5. The van der Waals surface area contributed by atoms with Crippen LogP contribution in [0.2, 0.25) is 0 Å². The standard InChI is InChI=1S/C26H41FN2O.ClH/c1-25(2)16-21(17-26(3,4)19-25)23-6-5-22(27)15-24(23)29-11-9-28(10-12-29)18-20-7-13-30-14-8-20;/h5-6,15,20-21H,7-14,16-19H2,1-4H3;1H. The Morgan fingerprint density at radius 2 is 1.58 bits per heavy atom. The number of ether oxygens (including phenoxy) is 1. The van der Waals surface area contributed by atoms with E-state index in [0.717, 1.165) is 51.0 Å². The first-order chi connectivity index (χ1) is 14.2. The lowest BCUT2D eigenvalue weighted by atomic mass is 9.60. The summed E-state index contributed by atoms with van der Waals surface area (Å²) in [5.41, 5.74) is 3.19. The molecule has 31 heavy (non-hydrogen) atoms. The van der Waals surface area contributed by atoms with Crippen LogP contribution in [0.1, 0.15) is 71.3 Å². The molecule has 2 heterocycles. The van der Waals surface area contributed by atoms with Crippen LogP contribution < -0.4 is 4.90 Å². The monoisotopic (exact) mass is 452 g/mol. The Bertz CT molecular complexity index is 708. The predicted molar refractivity (Wildman–Crippen MR) is 130 cm³/mol. The largest absolute Gasteiger partial charge is 0.381 e. The molecule has 0 unspecified atom stereocenters. The summed E-state index contributed by atoms with van der Waals surface area (Å²) in [6.07, 6.45) is 6.04. The molecule has 5 heteroatoms. The maximum absolute atomic E-state index is 14.3. The van der Waals surface area contributed by atoms with Crippen molar-refractivity contribution in [1.29, 1.82) is 0 Å². The quantitative estimate of drug-likeness (QED) is 0.547. The highest BCUT2D eigenvalue weighted by Gasteiger charge is 2.40. The van der Waals surface area contributed by atoms with E-state index in [9.17, 15) is 4.39 Å². The number of hydrogen-bond acceptors (Lipinski definition) is 3. The smallest absolute Gasteiger partial charge is 0.125 e. The van der Waals surface area contributed by atoms with Gasteiger partial charge in [0.15, 0.2) is 0 Å². The molecule has 0 N–H and O–H groups in total. The van der Waals surface area contributed by atoms with Crippen LogP contribution in [0.3, 0.4) is 0 Å². The van der Waals surface area contributed by atoms with Crippen LogP contribution >= 0.6 is 12.4 Å². The van der Waals surface area contributed by atoms with Gasteiger partial charge in [-0.1, -0.05) is 33.8 Å². The van der Waals surface area contributed by atoms with Gasteiger partial charge in [0, 0.05) is 51.6 Å². The first-order valence-electron chi connectivity index (χ1n) is 12.1. The summed E-state index contributed by atoms with van der Waals surface area (Å²) in [5.74, 6) is 1.19. The van der Waals surface area contributed by atoms with Gasteiger partial charge in [0.2, 0.25) is 0 Å². The normalized spacial score (nSPS) is 25.3. The molecule has 0 bridgehead atoms. The summed E-state index contributed by atoms with van der Waals surface area (Å²) in [4.78, 5) is 5.06. The summed E-state index contributed by atoms with van der Waals surface area (Å²) in [5, 5.41) is 0. The molecule has 0 atom stereocenters. The molecule has 1 saturated carbocycles. The molecule has 2 saturated heterocycles. The van der Waals surface area contributed by atoms with Crippen molar-refractivity contribution in [1.82, 2.24) is 4.90 Å². The minimum Gasteiger partial charge on any atom is -0.381 e. The molecule has 3 nitrogen and oxygen atoms in total. The number of benzene rings is 1. The third-order valence-corrected chi connectivity index (χ3v) is 7.56. The maximum Gasteiger partial charge on any atom is 0.125 e. The van der Waals surface area contributed by atoms with E-state index in [1.165, 1.54) is 44.2 Å². The Balaban J connectivity index is 0.00000272. The topological polar surface area (TPSA) is 15.7 Å². The van der Waals surface area contributed by atoms with Crippen LogP contribution in [0.15, 0.2) is 18.2 Å². The van der Waals surface area contributed by atoms with Crippen molar-refractivity contribution < 1.29 is 9.13 Å². The molecule has 3 fully saturated rings. The molecular formula is C26H42ClFN2O. The molecule has 0 amide bonds. The van der Waals surface area contributed by atoms with Gasteiger partial charge in [-0.2, -0.15) is 0 Å². The minimum atomic E-state index is -0.104. The van der Waals surface area contributed by atoms with E-state index >= 15 is 0 Å². The summed E-state index contributed by atoms with van der Waals surface area (Å²) in [6, 6.07) is 5.56. The van der Waals surface area contributed by atoms with E-state index < -0.39 is 0 Å². The molecule has 0 spiro atoms. The number of piperazine rings is 1. The highest BCUT2D eigenvalue weighted by molar-refractivity contribution is 5.85. The number of rotatable bonds is 4. The third-order valence-electron chi connectivity index (χ3n) is 7.56. The third kappa shape index (κ3) is 6.36. The summed E-state index contributed by atoms with van der Waals surface area (Å²) >= 11 is 0. The fraction of sp³-hybridized carbons (Fsp3) is 0.769. The van der Waals surface area contributed by atoms with E-state index in [0.29, 0.717) is 16.7 Å². The van der Waals surface area contributed by atoms with Crippen LogP contribution in [-0.2, 0) is 4.74 Å². The lowest BCUT2D eigenvalue weighted by Crippen LogP contribution is -2.48. The second-order valence-electron chi connectivity index (χ2n) is 11.7. The van der Waals surface area contributed by atoms with E-state index in [2.05, 4.69) is 43.6 Å². The zero-order valence-corrected chi connectivity index (χ0v) is 20.8. The Labute approximate surface area is 195 Å². The van der Waals surface area contributed by atoms with E-state index in [1.54, 1.807) is 12.1 Å². The highest BCUT2D eigenvalue weighted by Crippen LogP contribution is 2.53. The van der Waals surface area contributed by atoms with E-state index in [1.807, 2.05) is 0 Å². The molecule has 1 aliphatic carbocycles. The molecule has 0 radical (unpaired) electrons. The van der Waals surface area contributed by atoms with Gasteiger partial charge in [-0.25, -0.2) is 4.39 Å². The van der Waals surface area contributed by atoms with Crippen LogP contribution in [0.25, 0.3) is 0 Å². The lowest BCUT2D eigenvalue weighted by molar-refractivity contribution is 0.0517. The number of hydrogen-bond donors (Lipinski definition) is 0. The van der Waals surface area contributed by atoms with Crippen LogP contribution in [0.4, 0.5) is 10.1 Å². The number of nitrogens with zero attached hydrogens (tertiary/aromatic N) is 2. The molecule has 2 aliphatic heterocycles. The summed E-state index contributed by atoms with van der Waals surface area (Å²) in [7, 11) is 0. The van der Waals surface area contributed by atoms with Crippen molar-refractivity contribution in [3.05, 3.63) is 29.6 Å².